The molecule has 0 aliphatic heterocycles. The fourth-order valence-corrected chi connectivity index (χ4v) is 3.01. The zero-order valence-electron chi connectivity index (χ0n) is 16.5. The third-order valence-electron chi connectivity index (χ3n) is 4.18. The Bertz CT molecular complexity index is 1170. The number of nitrogens with zero attached hydrogens (tertiary/aromatic N) is 2. The van der Waals surface area contributed by atoms with Gasteiger partial charge in [-0.05, 0) is 66.2 Å². The molecule has 9 heteroatoms. The zero-order valence-corrected chi connectivity index (χ0v) is 18.0. The molecule has 2 amide bonds. The second-order valence-electron chi connectivity index (χ2n) is 6.40. The van der Waals surface area contributed by atoms with E-state index in [0.29, 0.717) is 38.2 Å². The molecule has 0 aliphatic carbocycles. The number of ether oxygens (including phenoxy) is 1. The van der Waals surface area contributed by atoms with Crippen LogP contribution in [0.2, 0.25) is 10.0 Å². The topological polar surface area (TPSA) is 104 Å². The summed E-state index contributed by atoms with van der Waals surface area (Å²) in [6.07, 6.45) is 1.39. The van der Waals surface area contributed by atoms with Gasteiger partial charge in [-0.1, -0.05) is 29.3 Å². The Labute approximate surface area is 194 Å². The average Bonchev–Trinajstić information content (AvgIpc) is 2.80. The fraction of sp³-hybridized carbons (Fsp3) is 0.0435. The van der Waals surface area contributed by atoms with Crippen molar-refractivity contribution in [3.8, 4) is 11.8 Å². The summed E-state index contributed by atoms with van der Waals surface area (Å²) in [5.41, 5.74) is 4.37. The number of halogens is 2. The molecule has 0 radical (unpaired) electrons. The van der Waals surface area contributed by atoms with Gasteiger partial charge in [0.2, 0.25) is 0 Å². The molecular weight excluding hydrogens is 451 g/mol. The highest BCUT2D eigenvalue weighted by Gasteiger charge is 2.12. The van der Waals surface area contributed by atoms with Crippen LogP contribution in [0.15, 0.2) is 71.8 Å². The van der Waals surface area contributed by atoms with Crippen LogP contribution in [0.1, 0.15) is 16.7 Å². The molecule has 160 valence electrons. The quantitative estimate of drug-likeness (QED) is 0.316. The summed E-state index contributed by atoms with van der Waals surface area (Å²) in [4.78, 5) is 23.8. The van der Waals surface area contributed by atoms with Crippen LogP contribution in [-0.2, 0) is 16.2 Å². The number of carbonyl (C=O) groups is 2. The molecule has 0 saturated heterocycles. The highest BCUT2D eigenvalue weighted by atomic mass is 35.5. The number of hydrogen-bond donors (Lipinski definition) is 2. The summed E-state index contributed by atoms with van der Waals surface area (Å²) >= 11 is 12.3. The Morgan fingerprint density at radius 3 is 2.25 bits per heavy atom. The molecular formula is C23H16Cl2N4O3. The summed E-state index contributed by atoms with van der Waals surface area (Å²) in [6.45, 7) is 0.219. The molecule has 7 nitrogen and oxygen atoms in total. The van der Waals surface area contributed by atoms with Crippen LogP contribution in [0, 0.1) is 11.3 Å². The maximum Gasteiger partial charge on any atom is 0.329 e. The number of rotatable bonds is 6. The van der Waals surface area contributed by atoms with Gasteiger partial charge in [-0.15, -0.1) is 0 Å². The normalized spacial score (nSPS) is 10.4. The van der Waals surface area contributed by atoms with E-state index in [4.69, 9.17) is 33.2 Å². The van der Waals surface area contributed by atoms with Crippen molar-refractivity contribution < 1.29 is 14.3 Å². The summed E-state index contributed by atoms with van der Waals surface area (Å²) in [7, 11) is 0. The van der Waals surface area contributed by atoms with E-state index < -0.39 is 11.8 Å². The number of benzene rings is 3. The van der Waals surface area contributed by atoms with Crippen molar-refractivity contribution in [3.63, 3.8) is 0 Å². The molecule has 3 rings (SSSR count). The van der Waals surface area contributed by atoms with Gasteiger partial charge in [0.1, 0.15) is 12.4 Å². The molecule has 3 aromatic rings. The molecule has 0 unspecified atom stereocenters. The lowest BCUT2D eigenvalue weighted by atomic mass is 10.2. The van der Waals surface area contributed by atoms with Crippen LogP contribution in [-0.4, -0.2) is 18.0 Å². The first-order valence-corrected chi connectivity index (χ1v) is 10.0. The Morgan fingerprint density at radius 2 is 1.62 bits per heavy atom. The Morgan fingerprint density at radius 1 is 0.969 bits per heavy atom. The van der Waals surface area contributed by atoms with Crippen molar-refractivity contribution in [2.24, 2.45) is 5.10 Å². The number of anilines is 1. The first-order chi connectivity index (χ1) is 15.5. The molecule has 0 saturated carbocycles. The Kier molecular flexibility index (Phi) is 7.81. The minimum absolute atomic E-state index is 0.219. The van der Waals surface area contributed by atoms with E-state index in [1.165, 1.54) is 30.5 Å². The number of amides is 2. The van der Waals surface area contributed by atoms with Gasteiger partial charge >= 0.3 is 11.8 Å². The lowest BCUT2D eigenvalue weighted by Gasteiger charge is -2.09. The van der Waals surface area contributed by atoms with Crippen molar-refractivity contribution >= 4 is 46.9 Å². The van der Waals surface area contributed by atoms with Crippen LogP contribution < -0.4 is 15.5 Å². The maximum absolute atomic E-state index is 11.9. The van der Waals surface area contributed by atoms with Crippen molar-refractivity contribution in [2.45, 2.75) is 6.61 Å². The molecule has 0 spiro atoms. The fourth-order valence-electron chi connectivity index (χ4n) is 2.51. The van der Waals surface area contributed by atoms with Gasteiger partial charge in [0, 0.05) is 21.3 Å². The summed E-state index contributed by atoms with van der Waals surface area (Å²) in [5.74, 6) is -1.21. The van der Waals surface area contributed by atoms with E-state index in [1.54, 1.807) is 42.5 Å². The molecule has 0 heterocycles. The highest BCUT2D eigenvalue weighted by Crippen LogP contribution is 2.25. The summed E-state index contributed by atoms with van der Waals surface area (Å²) in [5, 5.41) is 16.0. The van der Waals surface area contributed by atoms with Gasteiger partial charge in [0.25, 0.3) is 0 Å². The largest absolute Gasteiger partial charge is 0.489 e. The van der Waals surface area contributed by atoms with Crippen molar-refractivity contribution in [1.29, 1.82) is 5.26 Å². The number of nitrogens with one attached hydrogen (secondary N) is 2. The lowest BCUT2D eigenvalue weighted by molar-refractivity contribution is -0.136. The number of hydrogen-bond acceptors (Lipinski definition) is 5. The Balaban J connectivity index is 1.49. The first-order valence-electron chi connectivity index (χ1n) is 9.26. The minimum Gasteiger partial charge on any atom is -0.489 e. The number of hydrazone groups is 1. The van der Waals surface area contributed by atoms with Gasteiger partial charge < -0.3 is 10.1 Å². The van der Waals surface area contributed by atoms with Gasteiger partial charge in [0.15, 0.2) is 0 Å². The molecule has 0 aliphatic rings. The maximum atomic E-state index is 11.9. The third kappa shape index (κ3) is 6.32. The Hall–Kier alpha value is -3.86. The number of nitriles is 1. The molecule has 0 bridgehead atoms. The van der Waals surface area contributed by atoms with Crippen LogP contribution in [0.3, 0.4) is 0 Å². The van der Waals surface area contributed by atoms with E-state index in [2.05, 4.69) is 15.8 Å². The molecule has 0 atom stereocenters. The molecule has 0 fully saturated rings. The van der Waals surface area contributed by atoms with Gasteiger partial charge in [-0.25, -0.2) is 5.43 Å². The zero-order chi connectivity index (χ0) is 22.9. The van der Waals surface area contributed by atoms with Gasteiger partial charge in [0.05, 0.1) is 17.8 Å². The van der Waals surface area contributed by atoms with E-state index in [9.17, 15) is 9.59 Å². The molecule has 3 aromatic carbocycles. The highest BCUT2D eigenvalue weighted by molar-refractivity contribution is 6.39. The van der Waals surface area contributed by atoms with Crippen molar-refractivity contribution in [1.82, 2.24) is 5.43 Å². The van der Waals surface area contributed by atoms with Gasteiger partial charge in [-0.2, -0.15) is 10.4 Å². The average molecular weight is 467 g/mol. The standard InChI is InChI=1S/C23H16Cl2N4O3/c24-20-2-1-3-21(25)19(20)14-32-18-10-6-16(7-11-18)13-27-29-23(31)22(30)28-17-8-4-15(12-26)5-9-17/h1-11,13H,14H2,(H,28,30)(H,29,31)/b27-13+. The number of carbonyl (C=O) groups excluding carboxylic acids is 2. The monoisotopic (exact) mass is 466 g/mol. The molecule has 2 N–H and O–H groups in total. The second-order valence-corrected chi connectivity index (χ2v) is 7.21. The van der Waals surface area contributed by atoms with Gasteiger partial charge in [-0.3, -0.25) is 9.59 Å². The predicted molar refractivity (Wildman–Crippen MR) is 123 cm³/mol. The predicted octanol–water partition coefficient (Wildman–Crippen LogP) is 4.53. The second kappa shape index (κ2) is 11.0. The first kappa shape index (κ1) is 22.8. The van der Waals surface area contributed by atoms with Crippen LogP contribution in [0.25, 0.3) is 0 Å². The van der Waals surface area contributed by atoms with Crippen LogP contribution in [0.5, 0.6) is 5.75 Å². The van der Waals surface area contributed by atoms with E-state index >= 15 is 0 Å². The van der Waals surface area contributed by atoms with E-state index in [1.807, 2.05) is 6.07 Å². The van der Waals surface area contributed by atoms with Crippen LogP contribution in [0.4, 0.5) is 5.69 Å². The lowest BCUT2D eigenvalue weighted by Crippen LogP contribution is -2.32. The SMILES string of the molecule is N#Cc1ccc(NC(=O)C(=O)N/N=C/c2ccc(OCc3c(Cl)cccc3Cl)cc2)cc1. The third-order valence-corrected chi connectivity index (χ3v) is 4.89. The summed E-state index contributed by atoms with van der Waals surface area (Å²) in [6, 6.07) is 20.2. The van der Waals surface area contributed by atoms with E-state index in [0.717, 1.165) is 0 Å². The van der Waals surface area contributed by atoms with E-state index in [-0.39, 0.29) is 6.61 Å². The summed E-state index contributed by atoms with van der Waals surface area (Å²) < 4.78 is 5.70. The smallest absolute Gasteiger partial charge is 0.329 e. The minimum atomic E-state index is -0.929. The van der Waals surface area contributed by atoms with Crippen molar-refractivity contribution in [2.75, 3.05) is 5.32 Å². The molecule has 32 heavy (non-hydrogen) atoms. The van der Waals surface area contributed by atoms with Crippen LogP contribution >= 0.6 is 23.2 Å². The molecule has 0 aromatic heterocycles. The van der Waals surface area contributed by atoms with Crippen molar-refractivity contribution in [3.05, 3.63) is 93.5 Å².